The summed E-state index contributed by atoms with van der Waals surface area (Å²) in [6.07, 6.45) is -4.42. The molecule has 0 atom stereocenters. The van der Waals surface area contributed by atoms with Crippen LogP contribution in [0.2, 0.25) is 0 Å². The number of fused-ring (bicyclic) bond motifs is 1. The first-order chi connectivity index (χ1) is 9.55. The van der Waals surface area contributed by atoms with Gasteiger partial charge >= 0.3 is 6.18 Å². The SMILES string of the molecule is COc1cc(Br)cc2c1C(=O)N(CC(F)(F)F)CC2(C)C. The summed E-state index contributed by atoms with van der Waals surface area (Å²) in [5.74, 6) is -0.365. The summed E-state index contributed by atoms with van der Waals surface area (Å²) in [5, 5.41) is 0. The number of methoxy groups -OCH3 is 1. The highest BCUT2D eigenvalue weighted by molar-refractivity contribution is 9.10. The molecule has 1 amide bonds. The summed E-state index contributed by atoms with van der Waals surface area (Å²) in [4.78, 5) is 13.2. The number of benzene rings is 1. The molecule has 1 aromatic carbocycles. The van der Waals surface area contributed by atoms with E-state index in [1.54, 1.807) is 12.1 Å². The van der Waals surface area contributed by atoms with Gasteiger partial charge in [0.25, 0.3) is 5.91 Å². The summed E-state index contributed by atoms with van der Waals surface area (Å²) < 4.78 is 43.9. The van der Waals surface area contributed by atoms with Crippen LogP contribution in [0.15, 0.2) is 16.6 Å². The van der Waals surface area contributed by atoms with Crippen molar-refractivity contribution >= 4 is 21.8 Å². The zero-order valence-corrected chi connectivity index (χ0v) is 13.4. The Morgan fingerprint density at radius 3 is 2.52 bits per heavy atom. The maximum Gasteiger partial charge on any atom is 0.406 e. The molecule has 0 aliphatic carbocycles. The van der Waals surface area contributed by atoms with Gasteiger partial charge in [0.2, 0.25) is 0 Å². The minimum Gasteiger partial charge on any atom is -0.496 e. The van der Waals surface area contributed by atoms with Gasteiger partial charge in [-0.05, 0) is 17.7 Å². The largest absolute Gasteiger partial charge is 0.496 e. The summed E-state index contributed by atoms with van der Waals surface area (Å²) >= 11 is 3.33. The number of hydrogen-bond donors (Lipinski definition) is 0. The van der Waals surface area contributed by atoms with Crippen LogP contribution < -0.4 is 4.74 Å². The van der Waals surface area contributed by atoms with E-state index in [1.807, 2.05) is 13.8 Å². The molecule has 21 heavy (non-hydrogen) atoms. The Kier molecular flexibility index (Phi) is 3.99. The molecule has 0 saturated heterocycles. The van der Waals surface area contributed by atoms with Gasteiger partial charge in [-0.25, -0.2) is 0 Å². The standard InChI is InChI=1S/C14H15BrF3NO2/c1-13(2)6-19(7-14(16,17)18)12(20)11-9(13)4-8(15)5-10(11)21-3/h4-5H,6-7H2,1-3H3. The van der Waals surface area contributed by atoms with Gasteiger partial charge in [0.1, 0.15) is 12.3 Å². The van der Waals surface area contributed by atoms with Gasteiger partial charge in [-0.3, -0.25) is 4.79 Å². The second-order valence-corrected chi connectivity index (χ2v) is 6.61. The Balaban J connectivity index is 2.56. The van der Waals surface area contributed by atoms with Gasteiger partial charge in [0, 0.05) is 16.4 Å². The van der Waals surface area contributed by atoms with E-state index in [0.29, 0.717) is 5.56 Å². The van der Waals surface area contributed by atoms with Crippen molar-refractivity contribution < 1.29 is 22.7 Å². The number of amides is 1. The lowest BCUT2D eigenvalue weighted by Gasteiger charge is -2.40. The normalized spacial score (nSPS) is 17.7. The van der Waals surface area contributed by atoms with E-state index >= 15 is 0 Å². The monoisotopic (exact) mass is 365 g/mol. The van der Waals surface area contributed by atoms with E-state index in [1.165, 1.54) is 7.11 Å². The molecule has 1 aliphatic heterocycles. The fourth-order valence-corrected chi connectivity index (χ4v) is 3.07. The Bertz CT molecular complexity index is 584. The van der Waals surface area contributed by atoms with Gasteiger partial charge in [0.15, 0.2) is 0 Å². The van der Waals surface area contributed by atoms with Crippen molar-refractivity contribution in [2.75, 3.05) is 20.2 Å². The smallest absolute Gasteiger partial charge is 0.406 e. The molecule has 0 aromatic heterocycles. The van der Waals surface area contributed by atoms with Gasteiger partial charge < -0.3 is 9.64 Å². The molecule has 7 heteroatoms. The predicted octanol–water partition coefficient (Wildman–Crippen LogP) is 3.75. The minimum absolute atomic E-state index is 0.0119. The topological polar surface area (TPSA) is 29.5 Å². The van der Waals surface area contributed by atoms with Crippen LogP contribution in [-0.4, -0.2) is 37.2 Å². The van der Waals surface area contributed by atoms with Crippen LogP contribution >= 0.6 is 15.9 Å². The van der Waals surface area contributed by atoms with Crippen molar-refractivity contribution in [3.8, 4) is 5.75 Å². The first-order valence-electron chi connectivity index (χ1n) is 6.29. The molecule has 0 N–H and O–H groups in total. The van der Waals surface area contributed by atoms with Gasteiger partial charge in [-0.1, -0.05) is 29.8 Å². The molecule has 0 spiro atoms. The molecule has 1 aromatic rings. The number of halogens is 4. The summed E-state index contributed by atoms with van der Waals surface area (Å²) in [6, 6.07) is 3.35. The lowest BCUT2D eigenvalue weighted by Crippen LogP contribution is -2.50. The average molecular weight is 366 g/mol. The fourth-order valence-electron chi connectivity index (χ4n) is 2.63. The number of carbonyl (C=O) groups is 1. The average Bonchev–Trinajstić information content (AvgIpc) is 2.32. The summed E-state index contributed by atoms with van der Waals surface area (Å²) in [5.41, 5.74) is 0.310. The Hall–Kier alpha value is -1.24. The maximum absolute atomic E-state index is 12.7. The predicted molar refractivity (Wildman–Crippen MR) is 75.7 cm³/mol. The molecule has 1 heterocycles. The molecule has 0 saturated carbocycles. The quantitative estimate of drug-likeness (QED) is 0.798. The lowest BCUT2D eigenvalue weighted by atomic mass is 9.77. The highest BCUT2D eigenvalue weighted by Gasteiger charge is 2.43. The molecule has 116 valence electrons. The molecule has 0 radical (unpaired) electrons. The molecule has 1 aliphatic rings. The van der Waals surface area contributed by atoms with Crippen LogP contribution in [-0.2, 0) is 5.41 Å². The van der Waals surface area contributed by atoms with E-state index in [0.717, 1.165) is 9.37 Å². The van der Waals surface area contributed by atoms with Gasteiger partial charge in [-0.2, -0.15) is 13.2 Å². The van der Waals surface area contributed by atoms with E-state index in [2.05, 4.69) is 15.9 Å². The number of ether oxygens (including phenoxy) is 1. The van der Waals surface area contributed by atoms with Crippen LogP contribution in [0.25, 0.3) is 0 Å². The third kappa shape index (κ3) is 3.17. The van der Waals surface area contributed by atoms with E-state index in [4.69, 9.17) is 4.74 Å². The second kappa shape index (κ2) is 5.19. The van der Waals surface area contributed by atoms with Crippen molar-refractivity contribution in [2.24, 2.45) is 0 Å². The summed E-state index contributed by atoms with van der Waals surface area (Å²) in [7, 11) is 1.39. The van der Waals surface area contributed by atoms with E-state index in [-0.39, 0.29) is 17.9 Å². The first-order valence-corrected chi connectivity index (χ1v) is 7.08. The van der Waals surface area contributed by atoms with Gasteiger partial charge in [-0.15, -0.1) is 0 Å². The number of carbonyl (C=O) groups excluding carboxylic acids is 1. The molecule has 3 nitrogen and oxygen atoms in total. The zero-order valence-electron chi connectivity index (χ0n) is 11.8. The van der Waals surface area contributed by atoms with E-state index in [9.17, 15) is 18.0 Å². The highest BCUT2D eigenvalue weighted by Crippen LogP contribution is 2.40. The van der Waals surface area contributed by atoms with Crippen LogP contribution in [0.4, 0.5) is 13.2 Å². The summed E-state index contributed by atoms with van der Waals surface area (Å²) in [6.45, 7) is 2.38. The van der Waals surface area contributed by atoms with Crippen molar-refractivity contribution in [1.82, 2.24) is 4.90 Å². The Labute approximate surface area is 129 Å². The van der Waals surface area contributed by atoms with Crippen LogP contribution in [0.5, 0.6) is 5.75 Å². The number of nitrogens with zero attached hydrogens (tertiary/aromatic N) is 1. The van der Waals surface area contributed by atoms with Crippen molar-refractivity contribution in [2.45, 2.75) is 25.4 Å². The number of hydrogen-bond acceptors (Lipinski definition) is 2. The number of alkyl halides is 3. The molecular weight excluding hydrogens is 351 g/mol. The Morgan fingerprint density at radius 2 is 2.00 bits per heavy atom. The third-order valence-electron chi connectivity index (χ3n) is 3.47. The van der Waals surface area contributed by atoms with Crippen LogP contribution in [0.1, 0.15) is 29.8 Å². The molecule has 0 bridgehead atoms. The van der Waals surface area contributed by atoms with Crippen LogP contribution in [0, 0.1) is 0 Å². The maximum atomic E-state index is 12.7. The van der Waals surface area contributed by atoms with Crippen molar-refractivity contribution in [3.63, 3.8) is 0 Å². The zero-order chi connectivity index (χ0) is 16.0. The molecule has 2 rings (SSSR count). The van der Waals surface area contributed by atoms with Gasteiger partial charge in [0.05, 0.1) is 12.7 Å². The fraction of sp³-hybridized carbons (Fsp3) is 0.500. The van der Waals surface area contributed by atoms with Crippen molar-refractivity contribution in [3.05, 3.63) is 27.7 Å². The highest BCUT2D eigenvalue weighted by atomic mass is 79.9. The lowest BCUT2D eigenvalue weighted by molar-refractivity contribution is -0.142. The molecular formula is C14H15BrF3NO2. The van der Waals surface area contributed by atoms with Crippen molar-refractivity contribution in [1.29, 1.82) is 0 Å². The second-order valence-electron chi connectivity index (χ2n) is 5.69. The molecule has 0 fully saturated rings. The van der Waals surface area contributed by atoms with E-state index < -0.39 is 24.0 Å². The number of rotatable bonds is 2. The Morgan fingerprint density at radius 1 is 1.38 bits per heavy atom. The first kappa shape index (κ1) is 16.1. The minimum atomic E-state index is -4.42. The molecule has 0 unspecified atom stereocenters. The van der Waals surface area contributed by atoms with Crippen LogP contribution in [0.3, 0.4) is 0 Å². The third-order valence-corrected chi connectivity index (χ3v) is 3.93.